The largest absolute Gasteiger partial charge is 0.411 e. The van der Waals surface area contributed by atoms with Gasteiger partial charge >= 0.3 is 6.18 Å². The Bertz CT molecular complexity index is 327. The van der Waals surface area contributed by atoms with Crippen LogP contribution in [-0.4, -0.2) is 83.2 Å². The van der Waals surface area contributed by atoms with Gasteiger partial charge in [-0.3, -0.25) is 9.89 Å². The van der Waals surface area contributed by atoms with E-state index in [0.717, 1.165) is 39.4 Å². The third-order valence-electron chi connectivity index (χ3n) is 3.07. The third-order valence-corrected chi connectivity index (χ3v) is 3.07. The molecule has 10 heteroatoms. The molecule has 0 amide bonds. The van der Waals surface area contributed by atoms with Gasteiger partial charge in [-0.2, -0.15) is 13.2 Å². The van der Waals surface area contributed by atoms with E-state index in [1.807, 2.05) is 0 Å². The van der Waals surface area contributed by atoms with Crippen molar-refractivity contribution in [2.45, 2.75) is 12.6 Å². The Morgan fingerprint density at radius 2 is 1.87 bits per heavy atom. The molecule has 0 spiro atoms. The van der Waals surface area contributed by atoms with Crippen LogP contribution in [0.15, 0.2) is 4.99 Å². The summed E-state index contributed by atoms with van der Waals surface area (Å²) in [4.78, 5) is 6.36. The van der Waals surface area contributed by atoms with E-state index in [9.17, 15) is 13.2 Å². The second-order valence-electron chi connectivity index (χ2n) is 4.90. The first-order chi connectivity index (χ1) is 10.5. The molecule has 0 atom stereocenters. The van der Waals surface area contributed by atoms with Crippen LogP contribution in [0.1, 0.15) is 6.42 Å². The second kappa shape index (κ2) is 13.0. The molecule has 0 saturated carbocycles. The Morgan fingerprint density at radius 3 is 2.48 bits per heavy atom. The number of alkyl halides is 3. The molecule has 1 fully saturated rings. The van der Waals surface area contributed by atoms with Crippen molar-refractivity contribution in [2.75, 3.05) is 66.2 Å². The summed E-state index contributed by atoms with van der Waals surface area (Å²) >= 11 is 0. The van der Waals surface area contributed by atoms with Gasteiger partial charge in [0.15, 0.2) is 5.96 Å². The van der Waals surface area contributed by atoms with Crippen molar-refractivity contribution in [1.29, 1.82) is 0 Å². The Kier molecular flexibility index (Phi) is 12.8. The molecule has 0 radical (unpaired) electrons. The van der Waals surface area contributed by atoms with Crippen LogP contribution in [0.4, 0.5) is 13.2 Å². The van der Waals surface area contributed by atoms with Gasteiger partial charge in [-0.15, -0.1) is 24.0 Å². The van der Waals surface area contributed by atoms with Gasteiger partial charge in [-0.05, 0) is 6.42 Å². The zero-order chi connectivity index (χ0) is 16.3. The monoisotopic (exact) mass is 454 g/mol. The van der Waals surface area contributed by atoms with E-state index in [4.69, 9.17) is 4.74 Å². The van der Waals surface area contributed by atoms with Gasteiger partial charge in [0, 0.05) is 46.4 Å². The van der Waals surface area contributed by atoms with Gasteiger partial charge in [0.25, 0.3) is 0 Å². The number of rotatable bonds is 8. The molecule has 1 aliphatic heterocycles. The van der Waals surface area contributed by atoms with Gasteiger partial charge in [0.2, 0.25) is 0 Å². The lowest BCUT2D eigenvalue weighted by atomic mass is 10.4. The van der Waals surface area contributed by atoms with E-state index in [0.29, 0.717) is 18.9 Å². The van der Waals surface area contributed by atoms with Gasteiger partial charge in [-0.1, -0.05) is 0 Å². The van der Waals surface area contributed by atoms with Gasteiger partial charge in [0.05, 0.1) is 13.2 Å². The molecule has 1 heterocycles. The van der Waals surface area contributed by atoms with E-state index in [1.165, 1.54) is 0 Å². The molecule has 0 aromatic carbocycles. The van der Waals surface area contributed by atoms with Crippen LogP contribution in [0.2, 0.25) is 0 Å². The maximum absolute atomic E-state index is 11.9. The molecule has 1 saturated heterocycles. The van der Waals surface area contributed by atoms with Crippen molar-refractivity contribution in [2.24, 2.45) is 4.99 Å². The summed E-state index contributed by atoms with van der Waals surface area (Å²) < 4.78 is 45.4. The molecule has 1 aliphatic rings. The minimum absolute atomic E-state index is 0. The normalized spacial score (nSPS) is 16.8. The molecule has 0 bridgehead atoms. The summed E-state index contributed by atoms with van der Waals surface area (Å²) in [7, 11) is 1.66. The van der Waals surface area contributed by atoms with E-state index >= 15 is 0 Å². The van der Waals surface area contributed by atoms with Crippen LogP contribution in [0, 0.1) is 0 Å². The van der Waals surface area contributed by atoms with E-state index < -0.39 is 12.8 Å². The van der Waals surface area contributed by atoms with Gasteiger partial charge in [-0.25, -0.2) is 0 Å². The molecule has 1 rings (SSSR count). The van der Waals surface area contributed by atoms with Crippen LogP contribution in [-0.2, 0) is 9.47 Å². The predicted octanol–water partition coefficient (Wildman–Crippen LogP) is 1.07. The topological polar surface area (TPSA) is 58.1 Å². The summed E-state index contributed by atoms with van der Waals surface area (Å²) in [5, 5.41) is 6.21. The van der Waals surface area contributed by atoms with Crippen molar-refractivity contribution in [3.05, 3.63) is 0 Å². The molecule has 0 aromatic rings. The molecule has 0 aliphatic carbocycles. The van der Waals surface area contributed by atoms with Crippen LogP contribution in [0.3, 0.4) is 0 Å². The average Bonchev–Trinajstić information content (AvgIpc) is 2.49. The third kappa shape index (κ3) is 12.7. The Balaban J connectivity index is 0.00000484. The lowest BCUT2D eigenvalue weighted by Crippen LogP contribution is -2.44. The number of ether oxygens (including phenoxy) is 2. The highest BCUT2D eigenvalue weighted by molar-refractivity contribution is 14.0. The van der Waals surface area contributed by atoms with Crippen molar-refractivity contribution >= 4 is 29.9 Å². The molecule has 0 unspecified atom stereocenters. The van der Waals surface area contributed by atoms with Crippen LogP contribution >= 0.6 is 24.0 Å². The van der Waals surface area contributed by atoms with Crippen molar-refractivity contribution in [3.63, 3.8) is 0 Å². The maximum Gasteiger partial charge on any atom is 0.411 e. The smallest absolute Gasteiger partial charge is 0.379 e. The number of hydrogen-bond acceptors (Lipinski definition) is 4. The number of hydrogen-bond donors (Lipinski definition) is 2. The molecule has 2 N–H and O–H groups in total. The molecular formula is C13H26F3IN4O2. The highest BCUT2D eigenvalue weighted by atomic mass is 127. The lowest BCUT2D eigenvalue weighted by Gasteiger charge is -2.26. The fourth-order valence-electron chi connectivity index (χ4n) is 1.95. The molecule has 23 heavy (non-hydrogen) atoms. The molecule has 0 aromatic heterocycles. The van der Waals surface area contributed by atoms with Gasteiger partial charge in [0.1, 0.15) is 6.61 Å². The minimum atomic E-state index is -4.26. The first-order valence-corrected chi connectivity index (χ1v) is 7.40. The van der Waals surface area contributed by atoms with Crippen LogP contribution in [0.5, 0.6) is 0 Å². The van der Waals surface area contributed by atoms with Crippen LogP contribution in [0.25, 0.3) is 0 Å². The fraction of sp³-hybridized carbons (Fsp3) is 0.923. The lowest BCUT2D eigenvalue weighted by molar-refractivity contribution is -0.173. The highest BCUT2D eigenvalue weighted by Crippen LogP contribution is 2.14. The Morgan fingerprint density at radius 1 is 1.22 bits per heavy atom. The fourth-order valence-corrected chi connectivity index (χ4v) is 1.95. The molecule has 138 valence electrons. The molecular weight excluding hydrogens is 428 g/mol. The average molecular weight is 454 g/mol. The number of nitrogens with zero attached hydrogens (tertiary/aromatic N) is 2. The predicted molar refractivity (Wildman–Crippen MR) is 93.5 cm³/mol. The van der Waals surface area contributed by atoms with E-state index in [1.54, 1.807) is 7.05 Å². The van der Waals surface area contributed by atoms with Crippen molar-refractivity contribution in [3.8, 4) is 0 Å². The Labute approximate surface area is 152 Å². The summed E-state index contributed by atoms with van der Waals surface area (Å²) in [6, 6.07) is 0. The van der Waals surface area contributed by atoms with E-state index in [2.05, 4.69) is 25.3 Å². The summed E-state index contributed by atoms with van der Waals surface area (Å²) in [6.07, 6.45) is -3.77. The highest BCUT2D eigenvalue weighted by Gasteiger charge is 2.27. The minimum Gasteiger partial charge on any atom is -0.379 e. The summed E-state index contributed by atoms with van der Waals surface area (Å²) in [5.41, 5.74) is 0. The number of aliphatic imine (C=N–C) groups is 1. The second-order valence-corrected chi connectivity index (χ2v) is 4.90. The summed E-state index contributed by atoms with van der Waals surface area (Å²) in [5.74, 6) is 0.643. The number of morpholine rings is 1. The van der Waals surface area contributed by atoms with E-state index in [-0.39, 0.29) is 30.6 Å². The van der Waals surface area contributed by atoms with Crippen molar-refractivity contribution in [1.82, 2.24) is 15.5 Å². The number of halogens is 4. The zero-order valence-corrected chi connectivity index (χ0v) is 15.7. The maximum atomic E-state index is 11.9. The van der Waals surface area contributed by atoms with Crippen LogP contribution < -0.4 is 10.6 Å². The SMILES string of the molecule is CN=C(NCCCOCC(F)(F)F)NCCN1CCOCC1.I. The van der Waals surface area contributed by atoms with Gasteiger partial charge < -0.3 is 20.1 Å². The van der Waals surface area contributed by atoms with Crippen molar-refractivity contribution < 1.29 is 22.6 Å². The number of nitrogens with one attached hydrogen (secondary N) is 2. The number of guanidine groups is 1. The first kappa shape index (κ1) is 22.7. The summed E-state index contributed by atoms with van der Waals surface area (Å²) in [6.45, 7) is 4.44. The standard InChI is InChI=1S/C13H25F3N4O2.HI/c1-17-12(18-3-2-8-22-11-13(14,15)16)19-4-5-20-6-9-21-10-7-20;/h2-11H2,1H3,(H2,17,18,19);1H. The Hall–Kier alpha value is -0.330. The quantitative estimate of drug-likeness (QED) is 0.249. The zero-order valence-electron chi connectivity index (χ0n) is 13.3. The molecule has 6 nitrogen and oxygen atoms in total. The first-order valence-electron chi connectivity index (χ1n) is 7.40.